The van der Waals surface area contributed by atoms with Crippen molar-refractivity contribution in [3.05, 3.63) is 59.2 Å². The number of thioether (sulfide) groups is 1. The molecule has 1 aliphatic heterocycles. The Labute approximate surface area is 102 Å². The Morgan fingerprint density at radius 3 is 3.00 bits per heavy atom. The average Bonchev–Trinajstić information content (AvgIpc) is 2.69. The predicted molar refractivity (Wildman–Crippen MR) is 73.2 cm³/mol. The van der Waals surface area contributed by atoms with E-state index in [0.717, 1.165) is 5.70 Å². The highest BCUT2D eigenvalue weighted by molar-refractivity contribution is 8.04. The Morgan fingerprint density at radius 1 is 1.50 bits per heavy atom. The maximum absolute atomic E-state index is 4.00. The lowest BCUT2D eigenvalue weighted by Gasteiger charge is -2.18. The third-order valence-corrected chi connectivity index (χ3v) is 4.10. The molecular formula is C14H17NS. The molecule has 2 rings (SSSR count). The predicted octanol–water partition coefficient (Wildman–Crippen LogP) is 3.41. The Kier molecular flexibility index (Phi) is 3.39. The van der Waals surface area contributed by atoms with Crippen LogP contribution in [0.4, 0.5) is 0 Å². The van der Waals surface area contributed by atoms with Crippen molar-refractivity contribution in [3.63, 3.8) is 0 Å². The summed E-state index contributed by atoms with van der Waals surface area (Å²) in [4.78, 5) is 1.37. The van der Waals surface area contributed by atoms with Crippen LogP contribution in [-0.4, -0.2) is 12.3 Å². The minimum Gasteiger partial charge on any atom is -0.388 e. The summed E-state index contributed by atoms with van der Waals surface area (Å²) in [5, 5.41) is 3.63. The quantitative estimate of drug-likeness (QED) is 0.799. The lowest BCUT2D eigenvalue weighted by molar-refractivity contribution is 0.842. The van der Waals surface area contributed by atoms with Gasteiger partial charge in [-0.1, -0.05) is 43.0 Å². The van der Waals surface area contributed by atoms with Gasteiger partial charge in [0.1, 0.15) is 0 Å². The third-order valence-electron chi connectivity index (χ3n) is 2.83. The third kappa shape index (κ3) is 2.17. The molecular weight excluding hydrogens is 214 g/mol. The first-order chi connectivity index (χ1) is 7.74. The van der Waals surface area contributed by atoms with Gasteiger partial charge in [0, 0.05) is 28.8 Å². The molecule has 84 valence electrons. The number of rotatable bonds is 3. The number of hydrogen-bond acceptors (Lipinski definition) is 2. The van der Waals surface area contributed by atoms with Gasteiger partial charge < -0.3 is 5.32 Å². The number of hydrogen-bond donors (Lipinski definition) is 1. The summed E-state index contributed by atoms with van der Waals surface area (Å²) in [6.45, 7) is 6.05. The van der Waals surface area contributed by atoms with E-state index in [2.05, 4.69) is 55.3 Å². The van der Waals surface area contributed by atoms with Gasteiger partial charge in [-0.25, -0.2) is 0 Å². The van der Waals surface area contributed by atoms with Gasteiger partial charge >= 0.3 is 0 Å². The summed E-state index contributed by atoms with van der Waals surface area (Å²) in [5.41, 5.74) is 2.21. The van der Waals surface area contributed by atoms with Crippen LogP contribution in [0.1, 0.15) is 6.92 Å². The molecule has 2 atom stereocenters. The fraction of sp³-hybridized carbons (Fsp3) is 0.286. The summed E-state index contributed by atoms with van der Waals surface area (Å²) in [6, 6.07) is 0. The Bertz CT molecular complexity index is 412. The average molecular weight is 231 g/mol. The smallest absolute Gasteiger partial charge is 0.0381 e. The SMILES string of the molecule is C=C(NC)C1=CC2SC(/C=C\C)=CC2C=C1. The zero-order valence-corrected chi connectivity index (χ0v) is 10.6. The fourth-order valence-electron chi connectivity index (χ4n) is 1.92. The highest BCUT2D eigenvalue weighted by Gasteiger charge is 2.26. The molecule has 0 saturated carbocycles. The van der Waals surface area contributed by atoms with Crippen LogP contribution in [0.5, 0.6) is 0 Å². The molecule has 1 aliphatic carbocycles. The monoisotopic (exact) mass is 231 g/mol. The van der Waals surface area contributed by atoms with Gasteiger partial charge in [-0.15, -0.1) is 11.8 Å². The zero-order valence-electron chi connectivity index (χ0n) is 9.73. The number of allylic oxidation sites excluding steroid dienone is 5. The van der Waals surface area contributed by atoms with Gasteiger partial charge in [-0.05, 0) is 12.5 Å². The van der Waals surface area contributed by atoms with Crippen molar-refractivity contribution in [2.75, 3.05) is 7.05 Å². The molecule has 0 radical (unpaired) electrons. The molecule has 2 aliphatic rings. The van der Waals surface area contributed by atoms with Crippen molar-refractivity contribution in [3.8, 4) is 0 Å². The molecule has 0 bridgehead atoms. The van der Waals surface area contributed by atoms with E-state index < -0.39 is 0 Å². The minimum atomic E-state index is 0.538. The van der Waals surface area contributed by atoms with E-state index in [-0.39, 0.29) is 0 Å². The second-order valence-corrected chi connectivity index (χ2v) is 5.19. The van der Waals surface area contributed by atoms with Crippen LogP contribution in [0.25, 0.3) is 0 Å². The van der Waals surface area contributed by atoms with Crippen molar-refractivity contribution in [2.24, 2.45) is 5.92 Å². The topological polar surface area (TPSA) is 12.0 Å². The minimum absolute atomic E-state index is 0.538. The number of likely N-dealkylation sites (N-methyl/N-ethyl adjacent to an activating group) is 1. The van der Waals surface area contributed by atoms with E-state index in [9.17, 15) is 0 Å². The Morgan fingerprint density at radius 2 is 2.31 bits per heavy atom. The van der Waals surface area contributed by atoms with Gasteiger partial charge in [0.2, 0.25) is 0 Å². The molecule has 1 heterocycles. The molecule has 0 saturated heterocycles. The summed E-state index contributed by atoms with van der Waals surface area (Å²) < 4.78 is 0. The fourth-order valence-corrected chi connectivity index (χ4v) is 3.23. The maximum atomic E-state index is 4.00. The molecule has 1 nitrogen and oxygen atoms in total. The summed E-state index contributed by atoms with van der Waals surface area (Å²) in [7, 11) is 1.91. The lowest BCUT2D eigenvalue weighted by atomic mass is 9.95. The van der Waals surface area contributed by atoms with Crippen LogP contribution < -0.4 is 5.32 Å². The van der Waals surface area contributed by atoms with Crippen molar-refractivity contribution in [1.82, 2.24) is 5.32 Å². The first-order valence-corrected chi connectivity index (χ1v) is 6.41. The van der Waals surface area contributed by atoms with Gasteiger partial charge in [-0.3, -0.25) is 0 Å². The summed E-state index contributed by atoms with van der Waals surface area (Å²) in [6.07, 6.45) is 13.3. The van der Waals surface area contributed by atoms with E-state index in [1.807, 2.05) is 18.8 Å². The largest absolute Gasteiger partial charge is 0.388 e. The second-order valence-electron chi connectivity index (χ2n) is 3.94. The summed E-state index contributed by atoms with van der Waals surface area (Å²) >= 11 is 1.93. The Balaban J connectivity index is 2.14. The molecule has 0 amide bonds. The standard InChI is InChI=1S/C14H17NS/c1-4-5-13-8-12-7-6-11(10(2)15-3)9-14(12)16-13/h4-9,12,14-15H,2H2,1,3H3/b5-4-. The van der Waals surface area contributed by atoms with E-state index >= 15 is 0 Å². The highest BCUT2D eigenvalue weighted by atomic mass is 32.2. The molecule has 1 N–H and O–H groups in total. The van der Waals surface area contributed by atoms with E-state index in [0.29, 0.717) is 11.2 Å². The number of nitrogens with one attached hydrogen (secondary N) is 1. The second kappa shape index (κ2) is 4.79. The molecule has 0 spiro atoms. The summed E-state index contributed by atoms with van der Waals surface area (Å²) in [5.74, 6) is 0.546. The van der Waals surface area contributed by atoms with Crippen LogP contribution in [0, 0.1) is 5.92 Å². The van der Waals surface area contributed by atoms with Crippen LogP contribution in [-0.2, 0) is 0 Å². The highest BCUT2D eigenvalue weighted by Crippen LogP contribution is 2.41. The van der Waals surface area contributed by atoms with Gasteiger partial charge in [0.25, 0.3) is 0 Å². The van der Waals surface area contributed by atoms with Gasteiger partial charge in [-0.2, -0.15) is 0 Å². The normalized spacial score (nSPS) is 27.6. The zero-order chi connectivity index (χ0) is 11.5. The molecule has 0 fully saturated rings. The molecule has 0 aromatic rings. The van der Waals surface area contributed by atoms with Crippen LogP contribution in [0.3, 0.4) is 0 Å². The van der Waals surface area contributed by atoms with Gasteiger partial charge in [0.05, 0.1) is 0 Å². The van der Waals surface area contributed by atoms with Crippen LogP contribution in [0.2, 0.25) is 0 Å². The van der Waals surface area contributed by atoms with Crippen LogP contribution in [0.15, 0.2) is 59.2 Å². The molecule has 0 aromatic heterocycles. The van der Waals surface area contributed by atoms with Crippen molar-refractivity contribution in [2.45, 2.75) is 12.2 Å². The number of fused-ring (bicyclic) bond motifs is 1. The van der Waals surface area contributed by atoms with E-state index in [1.165, 1.54) is 10.5 Å². The van der Waals surface area contributed by atoms with Gasteiger partial charge in [0.15, 0.2) is 0 Å². The molecule has 2 unspecified atom stereocenters. The van der Waals surface area contributed by atoms with Crippen LogP contribution >= 0.6 is 11.8 Å². The molecule has 0 aromatic carbocycles. The lowest BCUT2D eigenvalue weighted by Crippen LogP contribution is -2.14. The first-order valence-electron chi connectivity index (χ1n) is 5.53. The molecule has 2 heteroatoms. The molecule has 16 heavy (non-hydrogen) atoms. The van der Waals surface area contributed by atoms with E-state index in [4.69, 9.17) is 0 Å². The Hall–Kier alpha value is -1.15. The van der Waals surface area contributed by atoms with Crippen molar-refractivity contribution < 1.29 is 0 Å². The van der Waals surface area contributed by atoms with Crippen molar-refractivity contribution in [1.29, 1.82) is 0 Å². The van der Waals surface area contributed by atoms with E-state index in [1.54, 1.807) is 0 Å². The first kappa shape index (κ1) is 11.3. The van der Waals surface area contributed by atoms with Crippen molar-refractivity contribution >= 4 is 11.8 Å². The maximum Gasteiger partial charge on any atom is 0.0381 e.